The summed E-state index contributed by atoms with van der Waals surface area (Å²) >= 11 is 0. The van der Waals surface area contributed by atoms with Crippen LogP contribution < -0.4 is 5.32 Å². The third kappa shape index (κ3) is 5.20. The molecule has 3 aromatic rings. The molecule has 206 valence electrons. The Bertz CT molecular complexity index is 1390. The molecule has 0 aliphatic carbocycles. The first-order valence-corrected chi connectivity index (χ1v) is 13.4. The minimum absolute atomic E-state index is 0.109. The van der Waals surface area contributed by atoms with Crippen LogP contribution in [0.2, 0.25) is 0 Å². The van der Waals surface area contributed by atoms with Crippen molar-refractivity contribution in [1.29, 1.82) is 0 Å². The summed E-state index contributed by atoms with van der Waals surface area (Å²) in [4.78, 5) is 41.4. The van der Waals surface area contributed by atoms with Gasteiger partial charge in [0.25, 0.3) is 5.91 Å². The van der Waals surface area contributed by atoms with Crippen molar-refractivity contribution in [2.24, 2.45) is 0 Å². The van der Waals surface area contributed by atoms with Gasteiger partial charge in [0.15, 0.2) is 0 Å². The lowest BCUT2D eigenvalue weighted by Crippen LogP contribution is -2.56. The lowest BCUT2D eigenvalue weighted by Gasteiger charge is -2.40. The first-order valence-electron chi connectivity index (χ1n) is 13.4. The number of urea groups is 1. The normalized spacial score (nSPS) is 18.4. The zero-order valence-corrected chi connectivity index (χ0v) is 21.9. The van der Waals surface area contributed by atoms with Crippen LogP contribution in [0, 0.1) is 11.6 Å². The highest BCUT2D eigenvalue weighted by Gasteiger charge is 2.37. The number of hydrogen-bond acceptors (Lipinski definition) is 5. The minimum Gasteiger partial charge on any atom is -0.297 e. The van der Waals surface area contributed by atoms with Gasteiger partial charge >= 0.3 is 6.03 Å². The molecule has 1 N–H and O–H groups in total. The van der Waals surface area contributed by atoms with E-state index in [2.05, 4.69) is 15.1 Å². The summed E-state index contributed by atoms with van der Waals surface area (Å²) in [6.07, 6.45) is 0.159. The number of nitrogens with one attached hydrogen (secondary N) is 1. The van der Waals surface area contributed by atoms with E-state index in [1.807, 2.05) is 18.2 Å². The molecule has 2 saturated heterocycles. The Labute approximate surface area is 230 Å². The summed E-state index contributed by atoms with van der Waals surface area (Å²) in [6.45, 7) is 4.35. The number of benzene rings is 3. The number of imide groups is 1. The van der Waals surface area contributed by atoms with Crippen LogP contribution in [0.3, 0.4) is 0 Å². The Morgan fingerprint density at radius 2 is 1.38 bits per heavy atom. The number of carbonyl (C=O) groups is 3. The van der Waals surface area contributed by atoms with Gasteiger partial charge in [-0.25, -0.2) is 23.6 Å². The fourth-order valence-corrected chi connectivity index (χ4v) is 5.78. The second-order valence-corrected chi connectivity index (χ2v) is 10.4. The van der Waals surface area contributed by atoms with Gasteiger partial charge < -0.3 is 0 Å². The fourth-order valence-electron chi connectivity index (χ4n) is 5.78. The fraction of sp³-hybridized carbons (Fsp3) is 0.300. The van der Waals surface area contributed by atoms with E-state index in [1.165, 1.54) is 34.3 Å². The first-order chi connectivity index (χ1) is 19.4. The van der Waals surface area contributed by atoms with E-state index in [-0.39, 0.29) is 49.0 Å². The van der Waals surface area contributed by atoms with Gasteiger partial charge in [-0.1, -0.05) is 36.4 Å². The minimum atomic E-state index is -0.574. The summed E-state index contributed by atoms with van der Waals surface area (Å²) < 4.78 is 27.3. The molecule has 0 radical (unpaired) electrons. The Morgan fingerprint density at radius 1 is 0.750 bits per heavy atom. The summed E-state index contributed by atoms with van der Waals surface area (Å²) in [5.41, 5.74) is 4.43. The lowest BCUT2D eigenvalue weighted by molar-refractivity contribution is -0.123. The van der Waals surface area contributed by atoms with E-state index in [1.54, 1.807) is 24.3 Å². The monoisotopic (exact) mass is 545 g/mol. The maximum absolute atomic E-state index is 13.6. The van der Waals surface area contributed by atoms with Crippen LogP contribution in [0.5, 0.6) is 0 Å². The number of hydrazine groups is 1. The molecule has 8 nitrogen and oxygen atoms in total. The number of halogens is 2. The third-order valence-corrected chi connectivity index (χ3v) is 7.83. The molecule has 3 heterocycles. The topological polar surface area (TPSA) is 76.2 Å². The molecule has 0 atom stereocenters. The van der Waals surface area contributed by atoms with E-state index in [0.717, 1.165) is 48.4 Å². The molecule has 6 rings (SSSR count). The van der Waals surface area contributed by atoms with Gasteiger partial charge in [-0.2, -0.15) is 0 Å². The van der Waals surface area contributed by atoms with Crippen molar-refractivity contribution in [1.82, 2.24) is 25.1 Å². The molecule has 3 aliphatic heterocycles. The van der Waals surface area contributed by atoms with Gasteiger partial charge in [0.1, 0.15) is 11.6 Å². The zero-order valence-electron chi connectivity index (χ0n) is 21.9. The van der Waals surface area contributed by atoms with Crippen LogP contribution in [-0.2, 0) is 17.9 Å². The third-order valence-electron chi connectivity index (χ3n) is 7.83. The maximum Gasteiger partial charge on any atom is 0.342 e. The van der Waals surface area contributed by atoms with Crippen LogP contribution in [-0.4, -0.2) is 70.4 Å². The highest BCUT2D eigenvalue weighted by atomic mass is 19.1. The molecular weight excluding hydrogens is 516 g/mol. The van der Waals surface area contributed by atoms with Crippen molar-refractivity contribution in [3.8, 4) is 0 Å². The van der Waals surface area contributed by atoms with E-state index in [9.17, 15) is 23.2 Å². The summed E-state index contributed by atoms with van der Waals surface area (Å²) in [7, 11) is 0. The standard InChI is InChI=1S/C30H29F2N5O3/c31-24-6-2-21(3-7-24)28(22-4-8-25(32)9-5-22)35-15-13-34(14-16-35)18-20-1-10-26-23(17-20)19-37(29(26)39)36-12-11-27(38)33-30(36)40/h1-10,17,28H,11-16,18-19H2,(H,33,38,40). The van der Waals surface area contributed by atoms with Gasteiger partial charge in [0.2, 0.25) is 5.91 Å². The highest BCUT2D eigenvalue weighted by molar-refractivity contribution is 6.01. The highest BCUT2D eigenvalue weighted by Crippen LogP contribution is 2.31. The molecule has 10 heteroatoms. The Hall–Kier alpha value is -4.15. The molecule has 4 amide bonds. The SMILES string of the molecule is O=C1CCN(N2Cc3cc(CN4CCN(C(c5ccc(F)cc5)c5ccc(F)cc5)CC4)ccc3C2=O)C(=O)N1. The van der Waals surface area contributed by atoms with Crippen molar-refractivity contribution in [2.75, 3.05) is 32.7 Å². The molecular formula is C30H29F2N5O3. The number of fused-ring (bicyclic) bond motifs is 1. The number of nitrogens with zero attached hydrogens (tertiary/aromatic N) is 4. The summed E-state index contributed by atoms with van der Waals surface area (Å²) in [6, 6.07) is 18.1. The van der Waals surface area contributed by atoms with Crippen molar-refractivity contribution < 1.29 is 23.2 Å². The number of hydrogen-bond donors (Lipinski definition) is 1. The first kappa shape index (κ1) is 26.1. The predicted molar refractivity (Wildman–Crippen MR) is 143 cm³/mol. The van der Waals surface area contributed by atoms with Crippen LogP contribution in [0.1, 0.15) is 45.1 Å². The molecule has 2 fully saturated rings. The number of piperazine rings is 1. The largest absolute Gasteiger partial charge is 0.342 e. The molecule has 0 aromatic heterocycles. The predicted octanol–water partition coefficient (Wildman–Crippen LogP) is 3.68. The van der Waals surface area contributed by atoms with Gasteiger partial charge in [0.05, 0.1) is 19.1 Å². The molecule has 40 heavy (non-hydrogen) atoms. The smallest absolute Gasteiger partial charge is 0.297 e. The molecule has 0 unspecified atom stereocenters. The Kier molecular flexibility index (Phi) is 7.03. The molecule has 0 spiro atoms. The van der Waals surface area contributed by atoms with Crippen LogP contribution in [0.25, 0.3) is 0 Å². The van der Waals surface area contributed by atoms with E-state index in [4.69, 9.17) is 0 Å². The number of carbonyl (C=O) groups excluding carboxylic acids is 3. The van der Waals surface area contributed by atoms with Crippen LogP contribution in [0.15, 0.2) is 66.7 Å². The zero-order chi connectivity index (χ0) is 27.8. The number of amides is 4. The van der Waals surface area contributed by atoms with Crippen molar-refractivity contribution >= 4 is 17.8 Å². The van der Waals surface area contributed by atoms with Crippen molar-refractivity contribution in [3.05, 3.63) is 106 Å². The second-order valence-electron chi connectivity index (χ2n) is 10.4. The average molecular weight is 546 g/mol. The molecule has 3 aliphatic rings. The van der Waals surface area contributed by atoms with Gasteiger partial charge in [0, 0.05) is 44.7 Å². The molecule has 0 saturated carbocycles. The Morgan fingerprint density at radius 3 is 1.98 bits per heavy atom. The quantitative estimate of drug-likeness (QED) is 0.512. The average Bonchev–Trinajstić information content (AvgIpc) is 3.27. The number of rotatable bonds is 6. The summed E-state index contributed by atoms with van der Waals surface area (Å²) in [5, 5.41) is 4.98. The van der Waals surface area contributed by atoms with Gasteiger partial charge in [-0.3, -0.25) is 24.7 Å². The van der Waals surface area contributed by atoms with E-state index < -0.39 is 6.03 Å². The maximum atomic E-state index is 13.6. The van der Waals surface area contributed by atoms with Crippen LogP contribution >= 0.6 is 0 Å². The summed E-state index contributed by atoms with van der Waals surface area (Å²) in [5.74, 6) is -1.17. The van der Waals surface area contributed by atoms with Crippen molar-refractivity contribution in [3.63, 3.8) is 0 Å². The Balaban J connectivity index is 1.12. The lowest BCUT2D eigenvalue weighted by atomic mass is 9.96. The van der Waals surface area contributed by atoms with E-state index in [0.29, 0.717) is 12.1 Å². The second kappa shape index (κ2) is 10.8. The van der Waals surface area contributed by atoms with Crippen molar-refractivity contribution in [2.45, 2.75) is 25.6 Å². The van der Waals surface area contributed by atoms with Gasteiger partial charge in [-0.05, 0) is 52.6 Å². The van der Waals surface area contributed by atoms with Crippen LogP contribution in [0.4, 0.5) is 13.6 Å². The molecule has 0 bridgehead atoms. The molecule has 3 aromatic carbocycles. The van der Waals surface area contributed by atoms with E-state index >= 15 is 0 Å². The van der Waals surface area contributed by atoms with Gasteiger partial charge in [-0.15, -0.1) is 0 Å².